The predicted octanol–water partition coefficient (Wildman–Crippen LogP) is 2.86. The summed E-state index contributed by atoms with van der Waals surface area (Å²) in [5.41, 5.74) is -0.851. The first kappa shape index (κ1) is 15.8. The molecule has 6 heteroatoms. The minimum Gasteiger partial charge on any atom is -0.389 e. The molecule has 0 radical (unpaired) electrons. The lowest BCUT2D eigenvalue weighted by atomic mass is 10.1. The van der Waals surface area contributed by atoms with Crippen LogP contribution in [0.2, 0.25) is 4.34 Å². The zero-order valence-corrected chi connectivity index (χ0v) is 13.2. The predicted molar refractivity (Wildman–Crippen MR) is 79.4 cm³/mol. The SMILES string of the molecule is CN(CC(C)(C)O)C(=O)CSCc1ccc(Cl)s1. The van der Waals surface area contributed by atoms with Crippen LogP contribution in [0.25, 0.3) is 0 Å². The Balaban J connectivity index is 2.28. The van der Waals surface area contributed by atoms with E-state index in [9.17, 15) is 9.90 Å². The minimum absolute atomic E-state index is 0.0322. The van der Waals surface area contributed by atoms with Crippen molar-refractivity contribution in [3.8, 4) is 0 Å². The van der Waals surface area contributed by atoms with Crippen molar-refractivity contribution in [3.63, 3.8) is 0 Å². The number of likely N-dealkylation sites (N-methyl/N-ethyl adjacent to an activating group) is 1. The van der Waals surface area contributed by atoms with Crippen LogP contribution in [0.1, 0.15) is 18.7 Å². The molecule has 0 spiro atoms. The van der Waals surface area contributed by atoms with Crippen LogP contribution in [0.4, 0.5) is 0 Å². The van der Waals surface area contributed by atoms with Gasteiger partial charge < -0.3 is 10.0 Å². The molecular formula is C12H18ClNO2S2. The Hall–Kier alpha value is -0.230. The quantitative estimate of drug-likeness (QED) is 0.878. The summed E-state index contributed by atoms with van der Waals surface area (Å²) in [6.07, 6.45) is 0. The number of carbonyl (C=O) groups is 1. The molecule has 3 nitrogen and oxygen atoms in total. The zero-order chi connectivity index (χ0) is 13.8. The van der Waals surface area contributed by atoms with Crippen LogP contribution in [0, 0.1) is 0 Å². The van der Waals surface area contributed by atoms with Crippen LogP contribution in [-0.2, 0) is 10.5 Å². The van der Waals surface area contributed by atoms with Crippen molar-refractivity contribution < 1.29 is 9.90 Å². The van der Waals surface area contributed by atoms with E-state index < -0.39 is 5.60 Å². The Morgan fingerprint density at radius 2 is 2.22 bits per heavy atom. The third-order valence-corrected chi connectivity index (χ3v) is 4.53. The Bertz CT molecular complexity index is 401. The van der Waals surface area contributed by atoms with Gasteiger partial charge in [0, 0.05) is 24.2 Å². The minimum atomic E-state index is -0.851. The van der Waals surface area contributed by atoms with Gasteiger partial charge in [-0.2, -0.15) is 0 Å². The largest absolute Gasteiger partial charge is 0.389 e. The highest BCUT2D eigenvalue weighted by Crippen LogP contribution is 2.25. The molecule has 0 fully saturated rings. The summed E-state index contributed by atoms with van der Waals surface area (Å²) < 4.78 is 0.774. The van der Waals surface area contributed by atoms with E-state index >= 15 is 0 Å². The third kappa shape index (κ3) is 6.09. The molecule has 0 atom stereocenters. The number of hydrogen-bond donors (Lipinski definition) is 1. The number of amides is 1. The topological polar surface area (TPSA) is 40.5 Å². The molecular weight excluding hydrogens is 290 g/mol. The first-order valence-corrected chi connectivity index (χ1v) is 7.91. The van der Waals surface area contributed by atoms with E-state index in [4.69, 9.17) is 11.6 Å². The molecule has 1 N–H and O–H groups in total. The number of rotatable bonds is 6. The molecule has 1 heterocycles. The molecule has 1 aromatic heterocycles. The number of nitrogens with zero attached hydrogens (tertiary/aromatic N) is 1. The highest BCUT2D eigenvalue weighted by atomic mass is 35.5. The Labute approximate surface area is 121 Å². The van der Waals surface area contributed by atoms with Gasteiger partial charge in [-0.25, -0.2) is 0 Å². The first-order chi connectivity index (χ1) is 8.28. The Kier molecular flexibility index (Phi) is 5.98. The van der Waals surface area contributed by atoms with Crippen LogP contribution in [0.15, 0.2) is 12.1 Å². The molecule has 0 aliphatic rings. The lowest BCUT2D eigenvalue weighted by molar-refractivity contribution is -0.129. The van der Waals surface area contributed by atoms with Crippen molar-refractivity contribution in [3.05, 3.63) is 21.3 Å². The van der Waals surface area contributed by atoms with Crippen molar-refractivity contribution in [2.24, 2.45) is 0 Å². The van der Waals surface area contributed by atoms with E-state index in [0.717, 1.165) is 10.1 Å². The fourth-order valence-electron chi connectivity index (χ4n) is 1.45. The first-order valence-electron chi connectivity index (χ1n) is 5.56. The maximum atomic E-state index is 11.8. The highest BCUT2D eigenvalue weighted by Gasteiger charge is 2.19. The monoisotopic (exact) mass is 307 g/mol. The Morgan fingerprint density at radius 1 is 1.56 bits per heavy atom. The Morgan fingerprint density at radius 3 is 2.72 bits per heavy atom. The van der Waals surface area contributed by atoms with E-state index in [1.165, 1.54) is 16.2 Å². The van der Waals surface area contributed by atoms with Gasteiger partial charge >= 0.3 is 0 Å². The van der Waals surface area contributed by atoms with Crippen molar-refractivity contribution in [2.45, 2.75) is 25.2 Å². The summed E-state index contributed by atoms with van der Waals surface area (Å²) in [5.74, 6) is 1.24. The molecule has 0 aliphatic carbocycles. The number of hydrogen-bond acceptors (Lipinski definition) is 4. The van der Waals surface area contributed by atoms with Gasteiger partial charge in [0.1, 0.15) is 0 Å². The van der Waals surface area contributed by atoms with Crippen LogP contribution >= 0.6 is 34.7 Å². The molecule has 1 rings (SSSR count). The van der Waals surface area contributed by atoms with Gasteiger partial charge in [0.05, 0.1) is 15.7 Å². The fourth-order valence-corrected chi connectivity index (χ4v) is 3.61. The molecule has 0 aromatic carbocycles. The van der Waals surface area contributed by atoms with Crippen molar-refractivity contribution in [1.29, 1.82) is 0 Å². The lowest BCUT2D eigenvalue weighted by Crippen LogP contribution is -2.40. The average molecular weight is 308 g/mol. The standard InChI is InChI=1S/C12H18ClNO2S2/c1-12(2,16)8-14(3)11(15)7-17-6-9-4-5-10(13)18-9/h4-5,16H,6-8H2,1-3H3. The van der Waals surface area contributed by atoms with Crippen LogP contribution < -0.4 is 0 Å². The van der Waals surface area contributed by atoms with Crippen molar-refractivity contribution in [1.82, 2.24) is 4.90 Å². The normalized spacial score (nSPS) is 11.6. The summed E-state index contributed by atoms with van der Waals surface area (Å²) >= 11 is 8.93. The molecule has 0 aliphatic heterocycles. The second-order valence-electron chi connectivity index (χ2n) is 4.76. The van der Waals surface area contributed by atoms with Gasteiger partial charge in [-0.05, 0) is 26.0 Å². The zero-order valence-electron chi connectivity index (χ0n) is 10.8. The van der Waals surface area contributed by atoms with E-state index in [-0.39, 0.29) is 5.91 Å². The maximum Gasteiger partial charge on any atom is 0.232 e. The van der Waals surface area contributed by atoms with Gasteiger partial charge in [0.25, 0.3) is 0 Å². The fraction of sp³-hybridized carbons (Fsp3) is 0.583. The summed E-state index contributed by atoms with van der Waals surface area (Å²) in [4.78, 5) is 14.5. The molecule has 0 bridgehead atoms. The number of halogens is 1. The highest BCUT2D eigenvalue weighted by molar-refractivity contribution is 7.99. The van der Waals surface area contributed by atoms with Crippen LogP contribution in [0.3, 0.4) is 0 Å². The second-order valence-corrected chi connectivity index (χ2v) is 7.55. The van der Waals surface area contributed by atoms with Crippen LogP contribution in [-0.4, -0.2) is 40.9 Å². The number of thiophene rings is 1. The summed E-state index contributed by atoms with van der Waals surface area (Å²) in [7, 11) is 1.71. The summed E-state index contributed by atoms with van der Waals surface area (Å²) in [5, 5.41) is 9.63. The van der Waals surface area contributed by atoms with Crippen molar-refractivity contribution >= 4 is 40.6 Å². The van der Waals surface area contributed by atoms with Gasteiger partial charge in [-0.3, -0.25) is 4.79 Å². The van der Waals surface area contributed by atoms with E-state index in [0.29, 0.717) is 12.3 Å². The lowest BCUT2D eigenvalue weighted by Gasteiger charge is -2.25. The number of aliphatic hydroxyl groups is 1. The van der Waals surface area contributed by atoms with E-state index in [1.807, 2.05) is 12.1 Å². The smallest absolute Gasteiger partial charge is 0.232 e. The van der Waals surface area contributed by atoms with Gasteiger partial charge in [-0.1, -0.05) is 11.6 Å². The van der Waals surface area contributed by atoms with Gasteiger partial charge in [-0.15, -0.1) is 23.1 Å². The van der Waals surface area contributed by atoms with Gasteiger partial charge in [0.15, 0.2) is 0 Å². The van der Waals surface area contributed by atoms with Crippen LogP contribution in [0.5, 0.6) is 0 Å². The summed E-state index contributed by atoms with van der Waals surface area (Å²) in [6.45, 7) is 3.73. The number of thioether (sulfide) groups is 1. The average Bonchev–Trinajstić information content (AvgIpc) is 2.61. The molecule has 0 unspecified atom stereocenters. The molecule has 0 saturated heterocycles. The van der Waals surface area contributed by atoms with E-state index in [2.05, 4.69) is 0 Å². The third-order valence-electron chi connectivity index (χ3n) is 2.15. The van der Waals surface area contributed by atoms with Crippen molar-refractivity contribution in [2.75, 3.05) is 19.3 Å². The second kappa shape index (κ2) is 6.80. The molecule has 18 heavy (non-hydrogen) atoms. The number of carbonyl (C=O) groups excluding carboxylic acids is 1. The maximum absolute atomic E-state index is 11.8. The molecule has 102 valence electrons. The van der Waals surface area contributed by atoms with Gasteiger partial charge in [0.2, 0.25) is 5.91 Å². The molecule has 0 saturated carbocycles. The molecule has 1 amide bonds. The molecule has 1 aromatic rings. The van der Waals surface area contributed by atoms with E-state index in [1.54, 1.807) is 37.6 Å². The summed E-state index contributed by atoms with van der Waals surface area (Å²) in [6, 6.07) is 3.84.